The number of aromatic nitrogens is 4. The van der Waals surface area contributed by atoms with Crippen LogP contribution in [0.3, 0.4) is 0 Å². The molecule has 6 nitrogen and oxygen atoms in total. The first-order valence-electron chi connectivity index (χ1n) is 5.07. The molecular weight excluding hydrogens is 242 g/mol. The van der Waals surface area contributed by atoms with Gasteiger partial charge in [-0.3, -0.25) is 9.36 Å². The lowest BCUT2D eigenvalue weighted by atomic mass is 10.5. The SMILES string of the molecule is Cc1nccn1CCn1cnc(Cl)c(N)c1=O. The van der Waals surface area contributed by atoms with Crippen molar-refractivity contribution in [2.24, 2.45) is 0 Å². The number of nitrogen functional groups attached to an aromatic ring is 1. The molecule has 0 saturated heterocycles. The lowest BCUT2D eigenvalue weighted by Gasteiger charge is -2.08. The number of nitrogens with zero attached hydrogens (tertiary/aromatic N) is 4. The standard InChI is InChI=1S/C10H12ClN5O/c1-7-13-2-3-15(7)4-5-16-6-14-9(11)8(12)10(16)17/h2-3,6H,4-5,12H2,1H3. The lowest BCUT2D eigenvalue weighted by Crippen LogP contribution is -2.25. The second kappa shape index (κ2) is 4.58. The van der Waals surface area contributed by atoms with Crippen LogP contribution in [0.15, 0.2) is 23.5 Å². The van der Waals surface area contributed by atoms with Crippen molar-refractivity contribution in [2.45, 2.75) is 20.0 Å². The third-order valence-electron chi connectivity index (χ3n) is 2.53. The van der Waals surface area contributed by atoms with Gasteiger partial charge in [0.1, 0.15) is 11.5 Å². The third kappa shape index (κ3) is 2.31. The van der Waals surface area contributed by atoms with E-state index in [1.165, 1.54) is 10.9 Å². The number of imidazole rings is 1. The van der Waals surface area contributed by atoms with E-state index in [2.05, 4.69) is 9.97 Å². The van der Waals surface area contributed by atoms with Crippen LogP contribution in [0.25, 0.3) is 0 Å². The fourth-order valence-electron chi connectivity index (χ4n) is 1.50. The summed E-state index contributed by atoms with van der Waals surface area (Å²) < 4.78 is 3.37. The van der Waals surface area contributed by atoms with Crippen LogP contribution in [0.1, 0.15) is 5.82 Å². The Morgan fingerprint density at radius 1 is 1.35 bits per heavy atom. The zero-order chi connectivity index (χ0) is 12.4. The highest BCUT2D eigenvalue weighted by molar-refractivity contribution is 6.31. The molecular formula is C10H12ClN5O. The summed E-state index contributed by atoms with van der Waals surface area (Å²) in [4.78, 5) is 19.7. The van der Waals surface area contributed by atoms with Crippen molar-refractivity contribution in [2.75, 3.05) is 5.73 Å². The Kier molecular flexibility index (Phi) is 3.14. The number of hydrogen-bond donors (Lipinski definition) is 1. The van der Waals surface area contributed by atoms with Crippen LogP contribution in [0, 0.1) is 6.92 Å². The maximum Gasteiger partial charge on any atom is 0.278 e. The molecule has 0 saturated carbocycles. The molecule has 2 heterocycles. The Morgan fingerprint density at radius 3 is 2.71 bits per heavy atom. The predicted octanol–water partition coefficient (Wildman–Crippen LogP) is 0.684. The molecule has 0 aliphatic carbocycles. The van der Waals surface area contributed by atoms with Crippen LogP contribution in [0.2, 0.25) is 5.15 Å². The summed E-state index contributed by atoms with van der Waals surface area (Å²) in [6, 6.07) is 0. The van der Waals surface area contributed by atoms with Gasteiger partial charge in [0.15, 0.2) is 5.15 Å². The molecule has 7 heteroatoms. The summed E-state index contributed by atoms with van der Waals surface area (Å²) in [6.45, 7) is 3.01. The van der Waals surface area contributed by atoms with Crippen molar-refractivity contribution in [1.29, 1.82) is 0 Å². The largest absolute Gasteiger partial charge is 0.392 e. The summed E-state index contributed by atoms with van der Waals surface area (Å²) >= 11 is 5.65. The Hall–Kier alpha value is -1.82. The van der Waals surface area contributed by atoms with Crippen molar-refractivity contribution < 1.29 is 0 Å². The van der Waals surface area contributed by atoms with E-state index < -0.39 is 0 Å². The number of aryl methyl sites for hydroxylation is 3. The van der Waals surface area contributed by atoms with E-state index in [0.29, 0.717) is 13.1 Å². The molecule has 2 rings (SSSR count). The predicted molar refractivity (Wildman–Crippen MR) is 64.9 cm³/mol. The van der Waals surface area contributed by atoms with E-state index in [1.54, 1.807) is 6.20 Å². The molecule has 0 amide bonds. The quantitative estimate of drug-likeness (QED) is 0.816. The fraction of sp³-hybridized carbons (Fsp3) is 0.300. The van der Waals surface area contributed by atoms with Gasteiger partial charge in [-0.25, -0.2) is 9.97 Å². The normalized spacial score (nSPS) is 10.7. The summed E-state index contributed by atoms with van der Waals surface area (Å²) in [6.07, 6.45) is 4.97. The van der Waals surface area contributed by atoms with Crippen LogP contribution >= 0.6 is 11.6 Å². The summed E-state index contributed by atoms with van der Waals surface area (Å²) in [5.41, 5.74) is 5.18. The van der Waals surface area contributed by atoms with Gasteiger partial charge in [0, 0.05) is 25.5 Å². The molecule has 17 heavy (non-hydrogen) atoms. The van der Waals surface area contributed by atoms with Crippen molar-refractivity contribution in [3.05, 3.63) is 40.1 Å². The molecule has 0 radical (unpaired) electrons. The molecule has 0 fully saturated rings. The van der Waals surface area contributed by atoms with Crippen LogP contribution < -0.4 is 11.3 Å². The van der Waals surface area contributed by atoms with Gasteiger partial charge in [0.2, 0.25) is 0 Å². The van der Waals surface area contributed by atoms with Crippen LogP contribution in [0.4, 0.5) is 5.69 Å². The van der Waals surface area contributed by atoms with Crippen molar-refractivity contribution in [1.82, 2.24) is 19.1 Å². The molecule has 0 aromatic carbocycles. The van der Waals surface area contributed by atoms with E-state index in [9.17, 15) is 4.79 Å². The molecule has 0 bridgehead atoms. The lowest BCUT2D eigenvalue weighted by molar-refractivity contribution is 0.550. The minimum Gasteiger partial charge on any atom is -0.392 e. The highest BCUT2D eigenvalue weighted by Gasteiger charge is 2.06. The van der Waals surface area contributed by atoms with Crippen molar-refractivity contribution in [3.8, 4) is 0 Å². The van der Waals surface area contributed by atoms with Gasteiger partial charge in [0.05, 0.1) is 6.33 Å². The van der Waals surface area contributed by atoms with Gasteiger partial charge in [0.25, 0.3) is 5.56 Å². The fourth-order valence-corrected chi connectivity index (χ4v) is 1.62. The van der Waals surface area contributed by atoms with E-state index in [4.69, 9.17) is 17.3 Å². The first-order chi connectivity index (χ1) is 8.09. The van der Waals surface area contributed by atoms with Crippen molar-refractivity contribution in [3.63, 3.8) is 0 Å². The van der Waals surface area contributed by atoms with E-state index in [-0.39, 0.29) is 16.4 Å². The van der Waals surface area contributed by atoms with E-state index in [1.807, 2.05) is 17.7 Å². The third-order valence-corrected chi connectivity index (χ3v) is 2.83. The van der Waals surface area contributed by atoms with Crippen molar-refractivity contribution >= 4 is 17.3 Å². The zero-order valence-corrected chi connectivity index (χ0v) is 10.1. The molecule has 2 N–H and O–H groups in total. The van der Waals surface area contributed by atoms with Gasteiger partial charge >= 0.3 is 0 Å². The Balaban J connectivity index is 2.18. The number of anilines is 1. The van der Waals surface area contributed by atoms with E-state index in [0.717, 1.165) is 5.82 Å². The Bertz CT molecular complexity index is 589. The van der Waals surface area contributed by atoms with Crippen LogP contribution in [-0.4, -0.2) is 19.1 Å². The first-order valence-corrected chi connectivity index (χ1v) is 5.45. The highest BCUT2D eigenvalue weighted by atomic mass is 35.5. The molecule has 90 valence electrons. The van der Waals surface area contributed by atoms with Gasteiger partial charge in [-0.2, -0.15) is 0 Å². The van der Waals surface area contributed by atoms with E-state index >= 15 is 0 Å². The minimum absolute atomic E-state index is 0.0171. The molecule has 0 spiro atoms. The zero-order valence-electron chi connectivity index (χ0n) is 9.30. The first kappa shape index (κ1) is 11.7. The number of halogens is 1. The maximum atomic E-state index is 11.7. The smallest absolute Gasteiger partial charge is 0.278 e. The molecule has 0 aliphatic rings. The van der Waals surface area contributed by atoms with Gasteiger partial charge in [-0.15, -0.1) is 0 Å². The molecule has 2 aromatic rings. The average molecular weight is 254 g/mol. The van der Waals surface area contributed by atoms with Gasteiger partial charge < -0.3 is 10.3 Å². The molecule has 0 unspecified atom stereocenters. The highest BCUT2D eigenvalue weighted by Crippen LogP contribution is 2.08. The Labute approximate surface area is 103 Å². The summed E-state index contributed by atoms with van der Waals surface area (Å²) in [5, 5.41) is 0.0464. The average Bonchev–Trinajstić information content (AvgIpc) is 2.71. The topological polar surface area (TPSA) is 78.7 Å². The molecule has 0 aliphatic heterocycles. The Morgan fingerprint density at radius 2 is 2.06 bits per heavy atom. The maximum absolute atomic E-state index is 11.7. The second-order valence-electron chi connectivity index (χ2n) is 3.62. The minimum atomic E-state index is -0.317. The summed E-state index contributed by atoms with van der Waals surface area (Å²) in [7, 11) is 0. The number of hydrogen-bond acceptors (Lipinski definition) is 4. The molecule has 0 atom stereocenters. The molecule has 2 aromatic heterocycles. The monoisotopic (exact) mass is 253 g/mol. The number of nitrogens with two attached hydrogens (primary N) is 1. The summed E-state index contributed by atoms with van der Waals surface area (Å²) in [5.74, 6) is 0.896. The second-order valence-corrected chi connectivity index (χ2v) is 3.97. The van der Waals surface area contributed by atoms with Gasteiger partial charge in [-0.05, 0) is 6.92 Å². The number of rotatable bonds is 3. The van der Waals surface area contributed by atoms with Gasteiger partial charge in [-0.1, -0.05) is 11.6 Å². The van der Waals surface area contributed by atoms with Crippen LogP contribution in [-0.2, 0) is 13.1 Å². The van der Waals surface area contributed by atoms with Crippen LogP contribution in [0.5, 0.6) is 0 Å².